The van der Waals surface area contributed by atoms with E-state index in [1.807, 2.05) is 4.98 Å². The molecule has 0 spiro atoms. The molecule has 7 heteroatoms. The lowest BCUT2D eigenvalue weighted by atomic mass is 10.1. The van der Waals surface area contributed by atoms with Crippen LogP contribution in [0.1, 0.15) is 11.3 Å². The van der Waals surface area contributed by atoms with Crippen LogP contribution in [0.15, 0.2) is 17.1 Å². The second-order valence-corrected chi connectivity index (χ2v) is 2.76. The van der Waals surface area contributed by atoms with E-state index in [0.717, 1.165) is 12.3 Å². The van der Waals surface area contributed by atoms with Crippen molar-refractivity contribution in [1.82, 2.24) is 4.98 Å². The first-order valence-electron chi connectivity index (χ1n) is 3.82. The van der Waals surface area contributed by atoms with E-state index in [1.54, 1.807) is 0 Å². The normalized spacial score (nSPS) is 11.4. The van der Waals surface area contributed by atoms with Crippen molar-refractivity contribution in [2.24, 2.45) is 0 Å². The molecule has 0 atom stereocenters. The number of halogens is 3. The van der Waals surface area contributed by atoms with Crippen molar-refractivity contribution in [2.45, 2.75) is 12.6 Å². The van der Waals surface area contributed by atoms with Gasteiger partial charge in [0.2, 0.25) is 0 Å². The molecule has 0 aliphatic carbocycles. The van der Waals surface area contributed by atoms with Crippen molar-refractivity contribution < 1.29 is 23.1 Å². The first-order valence-corrected chi connectivity index (χ1v) is 3.82. The standard InChI is InChI=1S/C8H6F3NO3/c9-8(10,11)7-4(3-6(14)15)5(13)1-2-12-7/h1-2H,3H2,(H,12,13)(H,14,15). The van der Waals surface area contributed by atoms with Crippen molar-refractivity contribution in [3.05, 3.63) is 33.7 Å². The van der Waals surface area contributed by atoms with Crippen LogP contribution in [0.5, 0.6) is 0 Å². The molecule has 0 radical (unpaired) electrons. The molecule has 82 valence electrons. The predicted octanol–water partition coefficient (Wildman–Crippen LogP) is 1.02. The van der Waals surface area contributed by atoms with Crippen molar-refractivity contribution in [3.8, 4) is 0 Å². The predicted molar refractivity (Wildman–Crippen MR) is 43.4 cm³/mol. The van der Waals surface area contributed by atoms with Crippen LogP contribution >= 0.6 is 0 Å². The molecule has 4 nitrogen and oxygen atoms in total. The molecule has 0 amide bonds. The minimum atomic E-state index is -4.76. The van der Waals surface area contributed by atoms with E-state index in [4.69, 9.17) is 5.11 Å². The molecule has 0 aromatic carbocycles. The Balaban J connectivity index is 3.33. The number of rotatable bonds is 2. The largest absolute Gasteiger partial charge is 0.481 e. The number of alkyl halides is 3. The zero-order valence-electron chi connectivity index (χ0n) is 7.26. The third-order valence-corrected chi connectivity index (χ3v) is 1.67. The van der Waals surface area contributed by atoms with Crippen molar-refractivity contribution >= 4 is 5.97 Å². The maximum atomic E-state index is 12.3. The highest BCUT2D eigenvalue weighted by atomic mass is 19.4. The summed E-state index contributed by atoms with van der Waals surface area (Å²) in [6, 6.07) is 0.855. The van der Waals surface area contributed by atoms with E-state index >= 15 is 0 Å². The average molecular weight is 221 g/mol. The molecular weight excluding hydrogens is 215 g/mol. The minimum Gasteiger partial charge on any atom is -0.481 e. The van der Waals surface area contributed by atoms with Crippen LogP contribution in [-0.4, -0.2) is 16.1 Å². The lowest BCUT2D eigenvalue weighted by molar-refractivity contribution is -0.142. The number of hydrogen-bond acceptors (Lipinski definition) is 2. The van der Waals surface area contributed by atoms with Gasteiger partial charge in [0.25, 0.3) is 0 Å². The van der Waals surface area contributed by atoms with Gasteiger partial charge in [0, 0.05) is 17.8 Å². The van der Waals surface area contributed by atoms with Gasteiger partial charge in [0.15, 0.2) is 5.43 Å². The molecule has 1 rings (SSSR count). The molecule has 15 heavy (non-hydrogen) atoms. The SMILES string of the molecule is O=C(O)Cc1c(C(F)(F)F)[nH]ccc1=O. The molecule has 2 N–H and O–H groups in total. The second-order valence-electron chi connectivity index (χ2n) is 2.76. The first kappa shape index (κ1) is 11.3. The average Bonchev–Trinajstić information content (AvgIpc) is 2.05. The number of aromatic nitrogens is 1. The Bertz CT molecular complexity index is 435. The molecule has 0 unspecified atom stereocenters. The molecule has 0 aliphatic rings. The third-order valence-electron chi connectivity index (χ3n) is 1.67. The van der Waals surface area contributed by atoms with Gasteiger partial charge >= 0.3 is 12.1 Å². The molecule has 0 saturated carbocycles. The Hall–Kier alpha value is -1.79. The zero-order chi connectivity index (χ0) is 11.6. The van der Waals surface area contributed by atoms with Crippen LogP contribution in [0, 0.1) is 0 Å². The van der Waals surface area contributed by atoms with Gasteiger partial charge in [-0.3, -0.25) is 9.59 Å². The van der Waals surface area contributed by atoms with Crippen molar-refractivity contribution in [3.63, 3.8) is 0 Å². The quantitative estimate of drug-likeness (QED) is 0.783. The lowest BCUT2D eigenvalue weighted by Gasteiger charge is -2.09. The Morgan fingerprint density at radius 1 is 1.47 bits per heavy atom. The van der Waals surface area contributed by atoms with Gasteiger partial charge in [-0.2, -0.15) is 13.2 Å². The number of nitrogens with one attached hydrogen (secondary N) is 1. The highest BCUT2D eigenvalue weighted by Crippen LogP contribution is 2.28. The Labute approximate surface area is 81.4 Å². The summed E-state index contributed by atoms with van der Waals surface area (Å²) in [5.41, 5.74) is -3.03. The van der Waals surface area contributed by atoms with Crippen LogP contribution in [0.3, 0.4) is 0 Å². The van der Waals surface area contributed by atoms with Crippen molar-refractivity contribution in [2.75, 3.05) is 0 Å². The van der Waals surface area contributed by atoms with Gasteiger partial charge < -0.3 is 10.1 Å². The van der Waals surface area contributed by atoms with Crippen LogP contribution in [0.4, 0.5) is 13.2 Å². The number of aromatic amines is 1. The topological polar surface area (TPSA) is 70.2 Å². The highest BCUT2D eigenvalue weighted by molar-refractivity contribution is 5.70. The fourth-order valence-electron chi connectivity index (χ4n) is 1.09. The highest BCUT2D eigenvalue weighted by Gasteiger charge is 2.35. The van der Waals surface area contributed by atoms with E-state index in [2.05, 4.69) is 0 Å². The summed E-state index contributed by atoms with van der Waals surface area (Å²) >= 11 is 0. The number of aliphatic carboxylic acids is 1. The van der Waals surface area contributed by atoms with Gasteiger partial charge in [-0.15, -0.1) is 0 Å². The van der Waals surface area contributed by atoms with Gasteiger partial charge in [0.05, 0.1) is 6.42 Å². The fraction of sp³-hybridized carbons (Fsp3) is 0.250. The number of hydrogen-bond donors (Lipinski definition) is 2. The Morgan fingerprint density at radius 3 is 2.53 bits per heavy atom. The number of pyridine rings is 1. The lowest BCUT2D eigenvalue weighted by Crippen LogP contribution is -2.22. The van der Waals surface area contributed by atoms with Gasteiger partial charge in [0.1, 0.15) is 5.69 Å². The van der Waals surface area contributed by atoms with Crippen LogP contribution in [0.25, 0.3) is 0 Å². The van der Waals surface area contributed by atoms with Crippen LogP contribution in [0.2, 0.25) is 0 Å². The van der Waals surface area contributed by atoms with Gasteiger partial charge in [-0.25, -0.2) is 0 Å². The van der Waals surface area contributed by atoms with Gasteiger partial charge in [-0.05, 0) is 0 Å². The molecule has 0 aliphatic heterocycles. The summed E-state index contributed by atoms with van der Waals surface area (Å²) in [6.45, 7) is 0. The number of carbonyl (C=O) groups is 1. The molecule has 0 bridgehead atoms. The molecule has 0 fully saturated rings. The fourth-order valence-corrected chi connectivity index (χ4v) is 1.09. The number of carboxylic acid groups (broad SMARTS) is 1. The number of H-pyrrole nitrogens is 1. The van der Waals surface area contributed by atoms with E-state index < -0.39 is 35.3 Å². The number of carboxylic acids is 1. The summed E-state index contributed by atoms with van der Waals surface area (Å²) in [5, 5.41) is 8.36. The van der Waals surface area contributed by atoms with E-state index in [-0.39, 0.29) is 0 Å². The molecule has 0 saturated heterocycles. The molecule has 1 heterocycles. The summed E-state index contributed by atoms with van der Waals surface area (Å²) in [5.74, 6) is -1.49. The monoisotopic (exact) mass is 221 g/mol. The molecular formula is C8H6F3NO3. The third kappa shape index (κ3) is 2.58. The maximum absolute atomic E-state index is 12.3. The summed E-state index contributed by atoms with van der Waals surface area (Å²) in [6.07, 6.45) is -4.88. The summed E-state index contributed by atoms with van der Waals surface area (Å²) in [7, 11) is 0. The zero-order valence-corrected chi connectivity index (χ0v) is 7.26. The van der Waals surface area contributed by atoms with E-state index in [9.17, 15) is 22.8 Å². The Morgan fingerprint density at radius 2 is 2.07 bits per heavy atom. The van der Waals surface area contributed by atoms with E-state index in [0.29, 0.717) is 0 Å². The molecule has 1 aromatic rings. The van der Waals surface area contributed by atoms with E-state index in [1.165, 1.54) is 0 Å². The summed E-state index contributed by atoms with van der Waals surface area (Å²) in [4.78, 5) is 23.2. The summed E-state index contributed by atoms with van der Waals surface area (Å²) < 4.78 is 36.9. The maximum Gasteiger partial charge on any atom is 0.431 e. The van der Waals surface area contributed by atoms with Crippen LogP contribution < -0.4 is 5.43 Å². The first-order chi connectivity index (χ1) is 6.82. The second kappa shape index (κ2) is 3.76. The van der Waals surface area contributed by atoms with Crippen molar-refractivity contribution in [1.29, 1.82) is 0 Å². The van der Waals surface area contributed by atoms with Crippen LogP contribution in [-0.2, 0) is 17.4 Å². The molecule has 1 aromatic heterocycles. The minimum absolute atomic E-state index is 0.780. The van der Waals surface area contributed by atoms with Gasteiger partial charge in [-0.1, -0.05) is 0 Å². The Kier molecular flexibility index (Phi) is 2.83. The smallest absolute Gasteiger partial charge is 0.431 e.